The first-order valence-corrected chi connectivity index (χ1v) is 10.7. The number of piperidine rings is 1. The van der Waals surface area contributed by atoms with E-state index in [0.29, 0.717) is 18.1 Å². The van der Waals surface area contributed by atoms with Gasteiger partial charge in [0.1, 0.15) is 5.82 Å². The second-order valence-corrected chi connectivity index (χ2v) is 9.41. The number of hydrogen-bond donors (Lipinski definition) is 2. The van der Waals surface area contributed by atoms with Crippen LogP contribution in [0.5, 0.6) is 0 Å². The molecule has 2 N–H and O–H groups in total. The van der Waals surface area contributed by atoms with E-state index in [0.717, 1.165) is 40.4 Å². The first kappa shape index (κ1) is 20.1. The second-order valence-electron chi connectivity index (χ2n) is 7.01. The molecule has 0 unspecified atom stereocenters. The Morgan fingerprint density at radius 2 is 2.22 bits per heavy atom. The Labute approximate surface area is 164 Å². The molecule has 2 heterocycles. The number of halogens is 1. The minimum Gasteiger partial charge on any atom is -0.342 e. The number of nitrogens with one attached hydrogen (secondary N) is 2. The van der Waals surface area contributed by atoms with Crippen molar-refractivity contribution in [1.29, 1.82) is 0 Å². The van der Waals surface area contributed by atoms with Crippen LogP contribution in [0.3, 0.4) is 0 Å². The SMILES string of the molecule is CN(C)S(=O)(=O)NCC(=O)N1CCC[C@@H](Cc2nc3ccc(Cl)cc3[nH]2)C1. The van der Waals surface area contributed by atoms with Gasteiger partial charge in [-0.3, -0.25) is 4.79 Å². The van der Waals surface area contributed by atoms with Crippen LogP contribution in [0.2, 0.25) is 5.02 Å². The first-order valence-electron chi connectivity index (χ1n) is 8.83. The van der Waals surface area contributed by atoms with Crippen molar-refractivity contribution in [3.8, 4) is 0 Å². The maximum Gasteiger partial charge on any atom is 0.279 e. The molecule has 0 bridgehead atoms. The molecule has 0 saturated carbocycles. The fraction of sp³-hybridized carbons (Fsp3) is 0.529. The summed E-state index contributed by atoms with van der Waals surface area (Å²) in [6.45, 7) is 1.02. The predicted molar refractivity (Wildman–Crippen MR) is 105 cm³/mol. The van der Waals surface area contributed by atoms with Crippen molar-refractivity contribution in [2.75, 3.05) is 33.7 Å². The van der Waals surface area contributed by atoms with Gasteiger partial charge in [-0.1, -0.05) is 11.6 Å². The number of nitrogens with zero attached hydrogens (tertiary/aromatic N) is 3. The smallest absolute Gasteiger partial charge is 0.279 e. The molecule has 2 aromatic rings. The zero-order chi connectivity index (χ0) is 19.6. The van der Waals surface area contributed by atoms with Crippen LogP contribution in [0.4, 0.5) is 0 Å². The number of amides is 1. The minimum atomic E-state index is -3.60. The summed E-state index contributed by atoms with van der Waals surface area (Å²) >= 11 is 6.01. The van der Waals surface area contributed by atoms with Crippen LogP contribution >= 0.6 is 11.6 Å². The van der Waals surface area contributed by atoms with E-state index in [1.165, 1.54) is 14.1 Å². The molecule has 1 amide bonds. The highest BCUT2D eigenvalue weighted by molar-refractivity contribution is 7.87. The molecule has 0 spiro atoms. The van der Waals surface area contributed by atoms with Crippen molar-refractivity contribution in [2.45, 2.75) is 19.3 Å². The number of carbonyl (C=O) groups is 1. The lowest BCUT2D eigenvalue weighted by Gasteiger charge is -2.32. The Morgan fingerprint density at radius 1 is 1.44 bits per heavy atom. The van der Waals surface area contributed by atoms with E-state index in [9.17, 15) is 13.2 Å². The molecule has 10 heteroatoms. The average Bonchev–Trinajstić information content (AvgIpc) is 3.01. The molecule has 1 saturated heterocycles. The molecular weight excluding hydrogens is 390 g/mol. The van der Waals surface area contributed by atoms with Crippen molar-refractivity contribution in [3.63, 3.8) is 0 Å². The van der Waals surface area contributed by atoms with Gasteiger partial charge in [-0.05, 0) is 37.0 Å². The Balaban J connectivity index is 1.59. The first-order chi connectivity index (χ1) is 12.7. The van der Waals surface area contributed by atoms with Gasteiger partial charge in [0.05, 0.1) is 17.6 Å². The van der Waals surface area contributed by atoms with Gasteiger partial charge in [-0.15, -0.1) is 0 Å². The molecule has 27 heavy (non-hydrogen) atoms. The van der Waals surface area contributed by atoms with E-state index >= 15 is 0 Å². The third-order valence-corrected chi connectivity index (χ3v) is 6.44. The fourth-order valence-corrected chi connectivity index (χ4v) is 3.99. The average molecular weight is 414 g/mol. The molecule has 1 aliphatic heterocycles. The topological polar surface area (TPSA) is 98.4 Å². The molecule has 1 aromatic carbocycles. The number of likely N-dealkylation sites (tertiary alicyclic amines) is 1. The van der Waals surface area contributed by atoms with Gasteiger partial charge in [-0.25, -0.2) is 4.98 Å². The van der Waals surface area contributed by atoms with E-state index in [2.05, 4.69) is 14.7 Å². The van der Waals surface area contributed by atoms with Crippen molar-refractivity contribution in [2.24, 2.45) is 5.92 Å². The monoisotopic (exact) mass is 413 g/mol. The summed E-state index contributed by atoms with van der Waals surface area (Å²) in [5.41, 5.74) is 1.77. The predicted octanol–water partition coefficient (Wildman–Crippen LogP) is 1.39. The molecule has 1 aliphatic rings. The van der Waals surface area contributed by atoms with Crippen LogP contribution < -0.4 is 4.72 Å². The molecule has 1 fully saturated rings. The summed E-state index contributed by atoms with van der Waals surface area (Å²) < 4.78 is 26.9. The number of aromatic amines is 1. The van der Waals surface area contributed by atoms with Crippen LogP contribution in [0.15, 0.2) is 18.2 Å². The summed E-state index contributed by atoms with van der Waals surface area (Å²) in [4.78, 5) is 22.0. The standard InChI is InChI=1S/C17H24ClN5O3S/c1-22(2)27(25,26)19-10-17(24)23-7-3-4-12(11-23)8-16-20-14-6-5-13(18)9-15(14)21-16/h5-6,9,12,19H,3-4,7-8,10-11H2,1-2H3,(H,20,21)/t12-/m0/s1. The van der Waals surface area contributed by atoms with Gasteiger partial charge in [0, 0.05) is 38.6 Å². The van der Waals surface area contributed by atoms with Crippen molar-refractivity contribution < 1.29 is 13.2 Å². The molecule has 0 aliphatic carbocycles. The lowest BCUT2D eigenvalue weighted by Crippen LogP contribution is -2.47. The highest BCUT2D eigenvalue weighted by atomic mass is 35.5. The van der Waals surface area contributed by atoms with E-state index in [1.54, 1.807) is 4.90 Å². The van der Waals surface area contributed by atoms with Crippen molar-refractivity contribution >= 4 is 38.8 Å². The van der Waals surface area contributed by atoms with Crippen molar-refractivity contribution in [1.82, 2.24) is 23.9 Å². The van der Waals surface area contributed by atoms with E-state index < -0.39 is 10.2 Å². The van der Waals surface area contributed by atoms with Crippen LogP contribution in [0.25, 0.3) is 11.0 Å². The molecule has 8 nitrogen and oxygen atoms in total. The summed E-state index contributed by atoms with van der Waals surface area (Å²) in [6, 6.07) is 5.54. The van der Waals surface area contributed by atoms with E-state index in [1.807, 2.05) is 18.2 Å². The summed E-state index contributed by atoms with van der Waals surface area (Å²) in [5, 5.41) is 0.660. The van der Waals surface area contributed by atoms with E-state index in [-0.39, 0.29) is 18.4 Å². The van der Waals surface area contributed by atoms with Crippen LogP contribution in [-0.2, 0) is 21.4 Å². The number of rotatable bonds is 6. The number of aromatic nitrogens is 2. The maximum atomic E-state index is 12.4. The third kappa shape index (κ3) is 4.98. The Hall–Kier alpha value is -1.68. The van der Waals surface area contributed by atoms with Crippen LogP contribution in [-0.4, -0.2) is 67.2 Å². The van der Waals surface area contributed by atoms with E-state index in [4.69, 9.17) is 11.6 Å². The number of hydrogen-bond acceptors (Lipinski definition) is 4. The summed E-state index contributed by atoms with van der Waals surface area (Å²) in [5.74, 6) is 0.950. The van der Waals surface area contributed by atoms with Gasteiger partial charge >= 0.3 is 0 Å². The van der Waals surface area contributed by atoms with Gasteiger partial charge in [0.2, 0.25) is 5.91 Å². The highest BCUT2D eigenvalue weighted by Gasteiger charge is 2.25. The van der Waals surface area contributed by atoms with Crippen LogP contribution in [0.1, 0.15) is 18.7 Å². The Bertz CT molecular complexity index is 928. The van der Waals surface area contributed by atoms with Gasteiger partial charge in [0.25, 0.3) is 10.2 Å². The van der Waals surface area contributed by atoms with Crippen molar-refractivity contribution in [3.05, 3.63) is 29.0 Å². The minimum absolute atomic E-state index is 0.207. The van der Waals surface area contributed by atoms with Gasteiger partial charge < -0.3 is 9.88 Å². The molecule has 148 valence electrons. The number of imidazole rings is 1. The van der Waals surface area contributed by atoms with Gasteiger partial charge in [-0.2, -0.15) is 17.4 Å². The molecular formula is C17H24ClN5O3S. The second kappa shape index (κ2) is 8.14. The largest absolute Gasteiger partial charge is 0.342 e. The van der Waals surface area contributed by atoms with Gasteiger partial charge in [0.15, 0.2) is 0 Å². The Morgan fingerprint density at radius 3 is 2.96 bits per heavy atom. The Kier molecular flexibility index (Phi) is 6.05. The lowest BCUT2D eigenvalue weighted by atomic mass is 9.94. The zero-order valence-electron chi connectivity index (χ0n) is 15.4. The summed E-state index contributed by atoms with van der Waals surface area (Å²) in [7, 11) is -0.761. The third-order valence-electron chi connectivity index (χ3n) is 4.73. The number of H-pyrrole nitrogens is 1. The number of benzene rings is 1. The molecule has 0 radical (unpaired) electrons. The summed E-state index contributed by atoms with van der Waals surface area (Å²) in [6.07, 6.45) is 2.63. The molecule has 3 rings (SSSR count). The normalized spacial score (nSPS) is 18.4. The quantitative estimate of drug-likeness (QED) is 0.747. The van der Waals surface area contributed by atoms with Crippen LogP contribution in [0, 0.1) is 5.92 Å². The number of carbonyl (C=O) groups excluding carboxylic acids is 1. The fourth-order valence-electron chi connectivity index (χ4n) is 3.26. The number of fused-ring (bicyclic) bond motifs is 1. The molecule has 1 aromatic heterocycles. The zero-order valence-corrected chi connectivity index (χ0v) is 17.0. The highest BCUT2D eigenvalue weighted by Crippen LogP contribution is 2.22. The lowest BCUT2D eigenvalue weighted by molar-refractivity contribution is -0.131. The maximum absolute atomic E-state index is 12.4. The molecule has 1 atom stereocenters.